The Balaban J connectivity index is 2.21. The number of hydrogen-bond acceptors (Lipinski definition) is 5. The van der Waals surface area contributed by atoms with Gasteiger partial charge in [0, 0.05) is 18.8 Å². The molecule has 0 bridgehead atoms. The average molecular weight is 312 g/mol. The van der Waals surface area contributed by atoms with Gasteiger partial charge in [0.1, 0.15) is 6.10 Å². The van der Waals surface area contributed by atoms with Gasteiger partial charge in [0.15, 0.2) is 11.6 Å². The number of methoxy groups -OCH3 is 1. The molecule has 2 heterocycles. The van der Waals surface area contributed by atoms with Crippen LogP contribution in [0.1, 0.15) is 53.4 Å². The molecule has 0 aromatic carbocycles. The second kappa shape index (κ2) is 6.67. The van der Waals surface area contributed by atoms with E-state index in [4.69, 9.17) is 14.2 Å². The lowest BCUT2D eigenvalue weighted by Crippen LogP contribution is -2.58. The zero-order chi connectivity index (χ0) is 16.5. The van der Waals surface area contributed by atoms with Crippen LogP contribution in [0, 0.1) is 17.8 Å². The first kappa shape index (κ1) is 17.4. The topological polar surface area (TPSA) is 61.8 Å². The van der Waals surface area contributed by atoms with E-state index in [9.17, 15) is 9.59 Å². The maximum Gasteiger partial charge on any atom is 0.311 e. The Morgan fingerprint density at radius 2 is 2.09 bits per heavy atom. The Kier molecular flexibility index (Phi) is 5.28. The van der Waals surface area contributed by atoms with Crippen molar-refractivity contribution in [3.63, 3.8) is 0 Å². The summed E-state index contributed by atoms with van der Waals surface area (Å²) in [6.45, 7) is 7.99. The van der Waals surface area contributed by atoms with Crippen molar-refractivity contribution in [3.05, 3.63) is 0 Å². The highest BCUT2D eigenvalue weighted by molar-refractivity contribution is 5.83. The van der Waals surface area contributed by atoms with E-state index in [0.29, 0.717) is 19.3 Å². The monoisotopic (exact) mass is 312 g/mol. The minimum atomic E-state index is -0.742. The lowest BCUT2D eigenvalue weighted by atomic mass is 9.77. The van der Waals surface area contributed by atoms with Gasteiger partial charge in [-0.1, -0.05) is 20.8 Å². The molecule has 0 aromatic heterocycles. The van der Waals surface area contributed by atoms with Gasteiger partial charge in [0.2, 0.25) is 0 Å². The minimum Gasteiger partial charge on any atom is -0.469 e. The summed E-state index contributed by atoms with van der Waals surface area (Å²) < 4.78 is 17.3. The maximum atomic E-state index is 11.9. The molecular formula is C17H28O5. The molecule has 6 atom stereocenters. The van der Waals surface area contributed by atoms with Crippen molar-refractivity contribution in [2.45, 2.75) is 71.4 Å². The molecule has 126 valence electrons. The summed E-state index contributed by atoms with van der Waals surface area (Å²) in [4.78, 5) is 23.8. The van der Waals surface area contributed by atoms with E-state index >= 15 is 0 Å². The van der Waals surface area contributed by atoms with Gasteiger partial charge < -0.3 is 14.2 Å². The smallest absolute Gasteiger partial charge is 0.311 e. The molecule has 0 aliphatic carbocycles. The summed E-state index contributed by atoms with van der Waals surface area (Å²) in [5, 5.41) is 0. The molecular weight excluding hydrogens is 284 g/mol. The lowest BCUT2D eigenvalue weighted by Gasteiger charge is -2.51. The predicted octanol–water partition coefficient (Wildman–Crippen LogP) is 2.71. The molecule has 5 heteroatoms. The molecule has 0 radical (unpaired) electrons. The largest absolute Gasteiger partial charge is 0.469 e. The molecule has 1 unspecified atom stereocenters. The van der Waals surface area contributed by atoms with E-state index in [1.165, 1.54) is 7.11 Å². The molecule has 0 N–H and O–H groups in total. The van der Waals surface area contributed by atoms with E-state index in [0.717, 1.165) is 6.42 Å². The molecule has 0 aromatic rings. The van der Waals surface area contributed by atoms with E-state index in [2.05, 4.69) is 13.8 Å². The molecule has 5 nitrogen and oxygen atoms in total. The van der Waals surface area contributed by atoms with Gasteiger partial charge in [-0.25, -0.2) is 0 Å². The van der Waals surface area contributed by atoms with Crippen LogP contribution in [-0.4, -0.2) is 36.9 Å². The van der Waals surface area contributed by atoms with E-state index in [1.807, 2.05) is 13.8 Å². The van der Waals surface area contributed by atoms with Crippen LogP contribution < -0.4 is 0 Å². The van der Waals surface area contributed by atoms with Gasteiger partial charge in [-0.15, -0.1) is 0 Å². The first-order chi connectivity index (χ1) is 10.3. The van der Waals surface area contributed by atoms with Gasteiger partial charge in [0.25, 0.3) is 0 Å². The van der Waals surface area contributed by atoms with Gasteiger partial charge in [-0.2, -0.15) is 0 Å². The number of rotatable bonds is 3. The molecule has 2 rings (SSSR count). The fourth-order valence-corrected chi connectivity index (χ4v) is 3.83. The highest BCUT2D eigenvalue weighted by Crippen LogP contribution is 2.46. The maximum absolute atomic E-state index is 11.9. The third kappa shape index (κ3) is 3.06. The third-order valence-electron chi connectivity index (χ3n) is 5.23. The Morgan fingerprint density at radius 1 is 1.41 bits per heavy atom. The first-order valence-corrected chi connectivity index (χ1v) is 8.30. The van der Waals surface area contributed by atoms with E-state index in [-0.39, 0.29) is 35.6 Å². The Labute approximate surface area is 132 Å². The summed E-state index contributed by atoms with van der Waals surface area (Å²) in [5.41, 5.74) is 0. The molecule has 2 saturated heterocycles. The molecule has 0 saturated carbocycles. The second-order valence-corrected chi connectivity index (χ2v) is 6.80. The van der Waals surface area contributed by atoms with E-state index in [1.54, 1.807) is 0 Å². The number of ketones is 1. The summed E-state index contributed by atoms with van der Waals surface area (Å²) in [6, 6.07) is 0. The first-order valence-electron chi connectivity index (χ1n) is 8.30. The zero-order valence-corrected chi connectivity index (χ0v) is 14.3. The number of Topliss-reactive ketones (excluding diaryl/α,β-unsaturated/α-hetero) is 1. The van der Waals surface area contributed by atoms with Crippen molar-refractivity contribution in [2.75, 3.05) is 7.11 Å². The fourth-order valence-electron chi connectivity index (χ4n) is 3.83. The molecule has 22 heavy (non-hydrogen) atoms. The normalized spacial score (nSPS) is 40.5. The number of ether oxygens (including phenoxy) is 3. The highest BCUT2D eigenvalue weighted by Gasteiger charge is 2.52. The van der Waals surface area contributed by atoms with Crippen molar-refractivity contribution in [1.29, 1.82) is 0 Å². The van der Waals surface area contributed by atoms with Crippen LogP contribution in [-0.2, 0) is 23.8 Å². The molecule has 2 aliphatic heterocycles. The molecule has 1 spiro atoms. The van der Waals surface area contributed by atoms with Crippen molar-refractivity contribution in [1.82, 2.24) is 0 Å². The van der Waals surface area contributed by atoms with Crippen molar-refractivity contribution in [3.8, 4) is 0 Å². The van der Waals surface area contributed by atoms with Crippen LogP contribution in [0.25, 0.3) is 0 Å². The SMILES string of the molecule is CC[C@@H]1O[C@@]2(CCC1=O)O[C@H]([C@@H](C)C(=O)OC)[C@@H](C)CC2C. The summed E-state index contributed by atoms with van der Waals surface area (Å²) in [7, 11) is 1.40. The highest BCUT2D eigenvalue weighted by atomic mass is 16.7. The van der Waals surface area contributed by atoms with E-state index < -0.39 is 11.9 Å². The standard InChI is InChI=1S/C17H28O5/c1-6-14-13(18)7-8-17(21-14)11(3)9-10(2)15(22-17)12(4)16(19)20-5/h10-12,14-15H,6-9H2,1-5H3/t10-,11?,12+,14-,15-,17-/m0/s1. The van der Waals surface area contributed by atoms with Gasteiger partial charge >= 0.3 is 5.97 Å². The van der Waals surface area contributed by atoms with Crippen LogP contribution in [0.15, 0.2) is 0 Å². The third-order valence-corrected chi connectivity index (χ3v) is 5.23. The predicted molar refractivity (Wildman–Crippen MR) is 81.1 cm³/mol. The molecule has 0 amide bonds. The lowest BCUT2D eigenvalue weighted by molar-refractivity contribution is -0.341. The van der Waals surface area contributed by atoms with Gasteiger partial charge in [-0.05, 0) is 25.7 Å². The molecule has 2 aliphatic rings. The molecule has 2 fully saturated rings. The minimum absolute atomic E-state index is 0.153. The van der Waals surface area contributed by atoms with Crippen LogP contribution >= 0.6 is 0 Å². The fraction of sp³-hybridized carbons (Fsp3) is 0.882. The number of carbonyl (C=O) groups excluding carboxylic acids is 2. The number of carbonyl (C=O) groups is 2. The Hall–Kier alpha value is -0.940. The quantitative estimate of drug-likeness (QED) is 0.750. The van der Waals surface area contributed by atoms with Crippen LogP contribution in [0.2, 0.25) is 0 Å². The summed E-state index contributed by atoms with van der Waals surface area (Å²) in [6.07, 6.45) is 1.99. The van der Waals surface area contributed by atoms with Crippen molar-refractivity contribution in [2.24, 2.45) is 17.8 Å². The summed E-state index contributed by atoms with van der Waals surface area (Å²) >= 11 is 0. The average Bonchev–Trinajstić information content (AvgIpc) is 2.51. The second-order valence-electron chi connectivity index (χ2n) is 6.80. The summed E-state index contributed by atoms with van der Waals surface area (Å²) in [5.74, 6) is -0.748. The Bertz CT molecular complexity index is 435. The van der Waals surface area contributed by atoms with Gasteiger partial charge in [0.05, 0.1) is 19.1 Å². The van der Waals surface area contributed by atoms with Crippen molar-refractivity contribution >= 4 is 11.8 Å². The number of esters is 1. The van der Waals surface area contributed by atoms with Crippen LogP contribution in [0.3, 0.4) is 0 Å². The van der Waals surface area contributed by atoms with Crippen LogP contribution in [0.4, 0.5) is 0 Å². The van der Waals surface area contributed by atoms with Crippen molar-refractivity contribution < 1.29 is 23.8 Å². The number of hydrogen-bond donors (Lipinski definition) is 0. The Morgan fingerprint density at radius 3 is 2.68 bits per heavy atom. The van der Waals surface area contributed by atoms with Gasteiger partial charge in [-0.3, -0.25) is 9.59 Å². The zero-order valence-electron chi connectivity index (χ0n) is 14.3. The van der Waals surface area contributed by atoms with Crippen LogP contribution in [0.5, 0.6) is 0 Å².